The minimum absolute atomic E-state index is 0.564. The van der Waals surface area contributed by atoms with Crippen molar-refractivity contribution >= 4 is 40.1 Å². The van der Waals surface area contributed by atoms with E-state index in [4.69, 9.17) is 17.0 Å². The van der Waals surface area contributed by atoms with E-state index in [2.05, 4.69) is 35.9 Å². The van der Waals surface area contributed by atoms with E-state index >= 15 is 0 Å². The van der Waals surface area contributed by atoms with Gasteiger partial charge in [-0.2, -0.15) is 0 Å². The zero-order valence-corrected chi connectivity index (χ0v) is 16.5. The monoisotopic (exact) mass is 377 g/mol. The molecule has 0 aliphatic carbocycles. The van der Waals surface area contributed by atoms with Gasteiger partial charge in [0.25, 0.3) is 0 Å². The van der Waals surface area contributed by atoms with Gasteiger partial charge >= 0.3 is 0 Å². The van der Waals surface area contributed by atoms with Crippen LogP contribution in [0.3, 0.4) is 0 Å². The minimum atomic E-state index is 0.564. The normalized spacial score (nSPS) is 10.2. The zero-order chi connectivity index (χ0) is 19.2. The summed E-state index contributed by atoms with van der Waals surface area (Å²) >= 11 is 5.44. The van der Waals surface area contributed by atoms with Crippen LogP contribution in [0.2, 0.25) is 0 Å². The lowest BCUT2D eigenvalue weighted by Crippen LogP contribution is -2.19. The Labute approximate surface area is 165 Å². The zero-order valence-electron chi connectivity index (χ0n) is 15.7. The van der Waals surface area contributed by atoms with E-state index in [-0.39, 0.29) is 0 Å². The van der Waals surface area contributed by atoms with Crippen molar-refractivity contribution in [3.8, 4) is 5.75 Å². The molecule has 3 rings (SSSR count). The van der Waals surface area contributed by atoms with Crippen LogP contribution < -0.4 is 20.7 Å². The Bertz CT molecular complexity index is 939. The van der Waals surface area contributed by atoms with E-state index in [0.717, 1.165) is 28.5 Å². The number of ether oxygens (including phenoxy) is 1. The Morgan fingerprint density at radius 1 is 0.778 bits per heavy atom. The molecule has 5 heteroatoms. The molecule has 0 heterocycles. The molecular weight excluding hydrogens is 354 g/mol. The number of benzene rings is 3. The molecule has 0 unspecified atom stereocenters. The van der Waals surface area contributed by atoms with Crippen molar-refractivity contribution in [2.75, 3.05) is 23.1 Å². The third-order valence-electron chi connectivity index (χ3n) is 4.38. The largest absolute Gasteiger partial charge is 0.495 e. The number of para-hydroxylation sites is 2. The lowest BCUT2D eigenvalue weighted by molar-refractivity contribution is 0.417. The van der Waals surface area contributed by atoms with Gasteiger partial charge in [0.05, 0.1) is 12.8 Å². The number of aryl methyl sites for hydroxylation is 1. The van der Waals surface area contributed by atoms with Crippen molar-refractivity contribution in [1.29, 1.82) is 0 Å². The third-order valence-corrected chi connectivity index (χ3v) is 4.59. The van der Waals surface area contributed by atoms with Crippen LogP contribution in [0.25, 0.3) is 0 Å². The summed E-state index contributed by atoms with van der Waals surface area (Å²) in [7, 11) is 1.66. The molecule has 0 radical (unpaired) electrons. The second-order valence-corrected chi connectivity index (χ2v) is 6.64. The van der Waals surface area contributed by atoms with E-state index < -0.39 is 0 Å². The first-order valence-electron chi connectivity index (χ1n) is 8.71. The Morgan fingerprint density at radius 2 is 1.44 bits per heavy atom. The lowest BCUT2D eigenvalue weighted by Gasteiger charge is -2.14. The third kappa shape index (κ3) is 4.77. The van der Waals surface area contributed by atoms with Gasteiger partial charge in [0.15, 0.2) is 5.11 Å². The lowest BCUT2D eigenvalue weighted by atomic mass is 10.1. The second-order valence-electron chi connectivity index (χ2n) is 6.23. The molecule has 0 saturated carbocycles. The smallest absolute Gasteiger partial charge is 0.175 e. The van der Waals surface area contributed by atoms with Crippen LogP contribution in [0, 0.1) is 13.8 Å². The maximum Gasteiger partial charge on any atom is 0.175 e. The molecule has 27 heavy (non-hydrogen) atoms. The minimum Gasteiger partial charge on any atom is -0.495 e. The van der Waals surface area contributed by atoms with Crippen LogP contribution >= 0.6 is 12.2 Å². The van der Waals surface area contributed by atoms with Crippen molar-refractivity contribution in [3.05, 3.63) is 77.9 Å². The second kappa shape index (κ2) is 8.56. The van der Waals surface area contributed by atoms with Gasteiger partial charge in [0, 0.05) is 17.1 Å². The van der Waals surface area contributed by atoms with E-state index in [1.807, 2.05) is 60.7 Å². The van der Waals surface area contributed by atoms with Crippen molar-refractivity contribution in [2.45, 2.75) is 13.8 Å². The molecule has 0 spiro atoms. The molecule has 0 aromatic heterocycles. The summed E-state index contributed by atoms with van der Waals surface area (Å²) in [5.74, 6) is 0.804. The van der Waals surface area contributed by atoms with Gasteiger partial charge in [0.2, 0.25) is 0 Å². The van der Waals surface area contributed by atoms with Gasteiger partial charge in [-0.15, -0.1) is 0 Å². The van der Waals surface area contributed by atoms with Gasteiger partial charge < -0.3 is 20.7 Å². The van der Waals surface area contributed by atoms with Gasteiger partial charge in [0.1, 0.15) is 5.75 Å². The topological polar surface area (TPSA) is 45.3 Å². The fourth-order valence-corrected chi connectivity index (χ4v) is 2.94. The number of nitrogens with one attached hydrogen (secondary N) is 3. The molecule has 0 amide bonds. The highest BCUT2D eigenvalue weighted by molar-refractivity contribution is 7.80. The molecule has 0 saturated heterocycles. The number of anilines is 4. The predicted molar refractivity (Wildman–Crippen MR) is 118 cm³/mol. The summed E-state index contributed by atoms with van der Waals surface area (Å²) in [5.41, 5.74) is 6.25. The van der Waals surface area contributed by atoms with Crippen molar-refractivity contribution in [1.82, 2.24) is 0 Å². The molecule has 3 aromatic carbocycles. The maximum absolute atomic E-state index is 5.44. The molecule has 0 aliphatic heterocycles. The van der Waals surface area contributed by atoms with Crippen LogP contribution in [0.5, 0.6) is 5.75 Å². The summed E-state index contributed by atoms with van der Waals surface area (Å²) in [6.07, 6.45) is 0. The average molecular weight is 378 g/mol. The molecule has 3 N–H and O–H groups in total. The van der Waals surface area contributed by atoms with Crippen LogP contribution in [0.15, 0.2) is 66.7 Å². The molecule has 0 atom stereocenters. The van der Waals surface area contributed by atoms with E-state index in [1.54, 1.807) is 7.11 Å². The Balaban J connectivity index is 1.63. The molecule has 4 nitrogen and oxygen atoms in total. The summed E-state index contributed by atoms with van der Waals surface area (Å²) in [6.45, 7) is 4.17. The molecule has 0 aliphatic rings. The number of methoxy groups -OCH3 is 1. The first kappa shape index (κ1) is 18.7. The first-order chi connectivity index (χ1) is 13.1. The SMILES string of the molecule is COc1ccccc1Nc1ccc(NC(=S)Nc2cccc(C)c2C)cc1. The van der Waals surface area contributed by atoms with Gasteiger partial charge in [-0.05, 0) is 79.7 Å². The van der Waals surface area contributed by atoms with Crippen molar-refractivity contribution < 1.29 is 4.74 Å². The van der Waals surface area contributed by atoms with E-state index in [0.29, 0.717) is 5.11 Å². The molecule has 0 fully saturated rings. The Kier molecular flexibility index (Phi) is 5.94. The number of thiocarbonyl (C=S) groups is 1. The highest BCUT2D eigenvalue weighted by Crippen LogP contribution is 2.27. The standard InChI is InChI=1S/C22H23N3OS/c1-15-7-6-9-19(16(15)2)25-22(27)24-18-13-11-17(12-14-18)23-20-8-4-5-10-21(20)26-3/h4-14,23H,1-3H3,(H2,24,25,27). The molecule has 0 bridgehead atoms. The quantitative estimate of drug-likeness (QED) is 0.486. The van der Waals surface area contributed by atoms with E-state index in [9.17, 15) is 0 Å². The van der Waals surface area contributed by atoms with Crippen molar-refractivity contribution in [3.63, 3.8) is 0 Å². The summed E-state index contributed by atoms with van der Waals surface area (Å²) in [6, 6.07) is 21.9. The Morgan fingerprint density at radius 3 is 2.19 bits per heavy atom. The van der Waals surface area contributed by atoms with Crippen molar-refractivity contribution in [2.24, 2.45) is 0 Å². The summed E-state index contributed by atoms with van der Waals surface area (Å²) < 4.78 is 5.37. The molecule has 3 aromatic rings. The van der Waals surface area contributed by atoms with Crippen LogP contribution in [0.1, 0.15) is 11.1 Å². The van der Waals surface area contributed by atoms with Gasteiger partial charge in [-0.3, -0.25) is 0 Å². The summed E-state index contributed by atoms with van der Waals surface area (Å²) in [5, 5.41) is 10.4. The van der Waals surface area contributed by atoms with Crippen LogP contribution in [-0.4, -0.2) is 12.2 Å². The van der Waals surface area contributed by atoms with E-state index in [1.165, 1.54) is 11.1 Å². The highest BCUT2D eigenvalue weighted by Gasteiger charge is 2.05. The fourth-order valence-electron chi connectivity index (χ4n) is 2.71. The number of rotatable bonds is 5. The summed E-state index contributed by atoms with van der Waals surface area (Å²) in [4.78, 5) is 0. The molecule has 138 valence electrons. The maximum atomic E-state index is 5.44. The molecular formula is C22H23N3OS. The average Bonchev–Trinajstić information content (AvgIpc) is 2.67. The number of hydrogen-bond acceptors (Lipinski definition) is 3. The highest BCUT2D eigenvalue weighted by atomic mass is 32.1. The van der Waals surface area contributed by atoms with Crippen LogP contribution in [-0.2, 0) is 0 Å². The predicted octanol–water partition coefficient (Wildman–Crippen LogP) is 5.86. The first-order valence-corrected chi connectivity index (χ1v) is 9.12. The van der Waals surface area contributed by atoms with Crippen LogP contribution in [0.4, 0.5) is 22.7 Å². The Hall–Kier alpha value is -3.05. The van der Waals surface area contributed by atoms with Gasteiger partial charge in [-0.25, -0.2) is 0 Å². The number of hydrogen-bond donors (Lipinski definition) is 3. The van der Waals surface area contributed by atoms with Gasteiger partial charge in [-0.1, -0.05) is 24.3 Å². The fraction of sp³-hybridized carbons (Fsp3) is 0.136.